The van der Waals surface area contributed by atoms with Crippen molar-refractivity contribution in [3.05, 3.63) is 55.7 Å². The average molecular weight is 419 g/mol. The second kappa shape index (κ2) is 8.60. The second-order valence-corrected chi connectivity index (χ2v) is 8.41. The Kier molecular flexibility index (Phi) is 6.70. The van der Waals surface area contributed by atoms with Crippen LogP contribution in [0, 0.1) is 0 Å². The molecule has 2 unspecified atom stereocenters. The van der Waals surface area contributed by atoms with Crippen LogP contribution in [-0.2, 0) is 4.74 Å². The Morgan fingerprint density at radius 1 is 1.00 bits per heavy atom. The van der Waals surface area contributed by atoms with Gasteiger partial charge in [0, 0.05) is 36.1 Å². The molecule has 136 valence electrons. The second-order valence-electron chi connectivity index (χ2n) is 6.65. The van der Waals surface area contributed by atoms with Gasteiger partial charge in [-0.1, -0.05) is 29.3 Å². The maximum absolute atomic E-state index is 6.24. The van der Waals surface area contributed by atoms with Gasteiger partial charge >= 0.3 is 0 Å². The van der Waals surface area contributed by atoms with Crippen LogP contribution in [0.3, 0.4) is 0 Å². The molecule has 1 aromatic carbocycles. The summed E-state index contributed by atoms with van der Waals surface area (Å²) in [7, 11) is 0. The summed E-state index contributed by atoms with van der Waals surface area (Å²) >= 11 is 14.2. The standard InChI is InChI=1S/C19H21Cl2NOS.ClH/c20-16-3-1-12(11-17(16)21)14-2-4-18(15-7-10-24-19(14)15)22-13-5-8-23-9-6-13;/h1,3,7,10-11,13-14,18,22H,2,4-6,8-9H2;1H. The Morgan fingerprint density at radius 2 is 1.80 bits per heavy atom. The molecule has 2 aromatic rings. The van der Waals surface area contributed by atoms with Crippen LogP contribution >= 0.6 is 46.9 Å². The molecule has 1 fully saturated rings. The maximum Gasteiger partial charge on any atom is 0.0595 e. The SMILES string of the molecule is Cl.Clc1ccc(C2CCC(NC3CCOCC3)c3ccsc32)cc1Cl. The van der Waals surface area contributed by atoms with Crippen molar-refractivity contribution in [2.45, 2.75) is 43.7 Å². The lowest BCUT2D eigenvalue weighted by atomic mass is 9.81. The summed E-state index contributed by atoms with van der Waals surface area (Å²) in [5.41, 5.74) is 2.74. The highest BCUT2D eigenvalue weighted by molar-refractivity contribution is 7.10. The molecule has 0 radical (unpaired) electrons. The first-order chi connectivity index (χ1) is 11.7. The summed E-state index contributed by atoms with van der Waals surface area (Å²) in [6.45, 7) is 1.76. The summed E-state index contributed by atoms with van der Waals surface area (Å²) in [4.78, 5) is 1.48. The van der Waals surface area contributed by atoms with Gasteiger partial charge in [-0.3, -0.25) is 0 Å². The quantitative estimate of drug-likeness (QED) is 0.639. The van der Waals surface area contributed by atoms with Crippen LogP contribution in [0.4, 0.5) is 0 Å². The van der Waals surface area contributed by atoms with E-state index in [1.54, 1.807) is 0 Å². The van der Waals surface area contributed by atoms with E-state index in [4.69, 9.17) is 27.9 Å². The molecule has 0 amide bonds. The molecule has 2 atom stereocenters. The molecular weight excluding hydrogens is 397 g/mol. The van der Waals surface area contributed by atoms with Gasteiger partial charge < -0.3 is 10.1 Å². The molecular formula is C19H22Cl3NOS. The van der Waals surface area contributed by atoms with E-state index < -0.39 is 0 Å². The van der Waals surface area contributed by atoms with Crippen LogP contribution in [0.5, 0.6) is 0 Å². The Bertz CT molecular complexity index is 714. The lowest BCUT2D eigenvalue weighted by Crippen LogP contribution is -2.38. The third-order valence-electron chi connectivity index (χ3n) is 5.17. The van der Waals surface area contributed by atoms with E-state index in [2.05, 4.69) is 22.8 Å². The summed E-state index contributed by atoms with van der Waals surface area (Å²) < 4.78 is 5.48. The molecule has 2 aliphatic rings. The molecule has 25 heavy (non-hydrogen) atoms. The Morgan fingerprint density at radius 3 is 2.56 bits per heavy atom. The van der Waals surface area contributed by atoms with Gasteiger partial charge in [-0.25, -0.2) is 0 Å². The van der Waals surface area contributed by atoms with Crippen molar-refractivity contribution < 1.29 is 4.74 Å². The first kappa shape index (κ1) is 19.5. The monoisotopic (exact) mass is 417 g/mol. The molecule has 1 saturated heterocycles. The van der Waals surface area contributed by atoms with E-state index in [1.807, 2.05) is 23.5 Å². The van der Waals surface area contributed by atoms with E-state index in [9.17, 15) is 0 Å². The Labute approximate surface area is 169 Å². The number of benzene rings is 1. The highest BCUT2D eigenvalue weighted by atomic mass is 35.5. The van der Waals surface area contributed by atoms with Gasteiger partial charge in [-0.15, -0.1) is 23.7 Å². The van der Waals surface area contributed by atoms with E-state index in [0.29, 0.717) is 28.0 Å². The molecule has 1 aliphatic heterocycles. The average Bonchev–Trinajstić information content (AvgIpc) is 3.09. The zero-order valence-electron chi connectivity index (χ0n) is 13.8. The third kappa shape index (κ3) is 4.18. The molecule has 0 saturated carbocycles. The summed E-state index contributed by atoms with van der Waals surface area (Å²) in [5, 5.41) is 7.37. The van der Waals surface area contributed by atoms with Gasteiger partial charge in [0.05, 0.1) is 10.0 Å². The molecule has 6 heteroatoms. The molecule has 1 aliphatic carbocycles. The molecule has 4 rings (SSSR count). The van der Waals surface area contributed by atoms with Crippen molar-refractivity contribution >= 4 is 46.9 Å². The number of fused-ring (bicyclic) bond motifs is 1. The summed E-state index contributed by atoms with van der Waals surface area (Å²) in [5.74, 6) is 0.433. The van der Waals surface area contributed by atoms with Crippen LogP contribution in [0.2, 0.25) is 10.0 Å². The molecule has 0 bridgehead atoms. The summed E-state index contributed by atoms with van der Waals surface area (Å²) in [6.07, 6.45) is 4.54. The highest BCUT2D eigenvalue weighted by Gasteiger charge is 2.31. The fourth-order valence-corrected chi connectivity index (χ4v) is 5.32. The predicted octanol–water partition coefficient (Wildman–Crippen LogP) is 6.21. The highest BCUT2D eigenvalue weighted by Crippen LogP contribution is 2.45. The van der Waals surface area contributed by atoms with Gasteiger partial charge in [-0.05, 0) is 60.4 Å². The normalized spacial score (nSPS) is 23.8. The van der Waals surface area contributed by atoms with E-state index in [-0.39, 0.29) is 12.4 Å². The first-order valence-corrected chi connectivity index (χ1v) is 10.2. The third-order valence-corrected chi connectivity index (χ3v) is 6.95. The van der Waals surface area contributed by atoms with Crippen molar-refractivity contribution in [3.63, 3.8) is 0 Å². The zero-order valence-corrected chi connectivity index (χ0v) is 17.0. The van der Waals surface area contributed by atoms with Crippen molar-refractivity contribution in [2.24, 2.45) is 0 Å². The van der Waals surface area contributed by atoms with Gasteiger partial charge in [0.1, 0.15) is 0 Å². The summed E-state index contributed by atoms with van der Waals surface area (Å²) in [6, 6.07) is 9.41. The van der Waals surface area contributed by atoms with Crippen LogP contribution < -0.4 is 5.32 Å². The molecule has 1 aromatic heterocycles. The molecule has 2 nitrogen and oxygen atoms in total. The number of thiophene rings is 1. The van der Waals surface area contributed by atoms with Gasteiger partial charge in [-0.2, -0.15) is 0 Å². The lowest BCUT2D eigenvalue weighted by molar-refractivity contribution is 0.0740. The number of rotatable bonds is 3. The smallest absolute Gasteiger partial charge is 0.0595 e. The zero-order chi connectivity index (χ0) is 16.5. The largest absolute Gasteiger partial charge is 0.381 e. The van der Waals surface area contributed by atoms with Crippen LogP contribution in [-0.4, -0.2) is 19.3 Å². The fraction of sp³-hybridized carbons (Fsp3) is 0.474. The number of ether oxygens (including phenoxy) is 1. The maximum atomic E-state index is 6.24. The van der Waals surface area contributed by atoms with E-state index in [1.165, 1.54) is 16.0 Å². The Hall–Kier alpha value is -0.290. The van der Waals surface area contributed by atoms with E-state index >= 15 is 0 Å². The van der Waals surface area contributed by atoms with Crippen molar-refractivity contribution in [1.29, 1.82) is 0 Å². The van der Waals surface area contributed by atoms with E-state index in [0.717, 1.165) is 38.9 Å². The minimum atomic E-state index is 0. The van der Waals surface area contributed by atoms with Crippen LogP contribution in [0.15, 0.2) is 29.6 Å². The van der Waals surface area contributed by atoms with Crippen LogP contribution in [0.25, 0.3) is 0 Å². The minimum absolute atomic E-state index is 0. The molecule has 0 spiro atoms. The number of nitrogens with one attached hydrogen (secondary N) is 1. The number of hydrogen-bond acceptors (Lipinski definition) is 3. The van der Waals surface area contributed by atoms with Gasteiger partial charge in [0.2, 0.25) is 0 Å². The Balaban J connectivity index is 0.00000182. The van der Waals surface area contributed by atoms with Crippen molar-refractivity contribution in [1.82, 2.24) is 5.32 Å². The number of halogens is 3. The molecule has 2 heterocycles. The first-order valence-electron chi connectivity index (χ1n) is 8.58. The van der Waals surface area contributed by atoms with Crippen molar-refractivity contribution in [3.8, 4) is 0 Å². The predicted molar refractivity (Wildman–Crippen MR) is 109 cm³/mol. The minimum Gasteiger partial charge on any atom is -0.381 e. The van der Waals surface area contributed by atoms with Gasteiger partial charge in [0.25, 0.3) is 0 Å². The van der Waals surface area contributed by atoms with Crippen LogP contribution in [0.1, 0.15) is 53.6 Å². The topological polar surface area (TPSA) is 21.3 Å². The molecule has 1 N–H and O–H groups in total. The fourth-order valence-electron chi connectivity index (χ4n) is 3.89. The van der Waals surface area contributed by atoms with Gasteiger partial charge in [0.15, 0.2) is 0 Å². The van der Waals surface area contributed by atoms with Crippen molar-refractivity contribution in [2.75, 3.05) is 13.2 Å². The number of hydrogen-bond donors (Lipinski definition) is 1. The lowest BCUT2D eigenvalue weighted by Gasteiger charge is -2.34.